The topological polar surface area (TPSA) is 109 Å². The van der Waals surface area contributed by atoms with Crippen LogP contribution in [-0.4, -0.2) is 41.0 Å². The van der Waals surface area contributed by atoms with Gasteiger partial charge in [0.15, 0.2) is 18.2 Å². The van der Waals surface area contributed by atoms with Crippen molar-refractivity contribution in [3.05, 3.63) is 46.6 Å². The normalized spacial score (nSPS) is 13.0. The summed E-state index contributed by atoms with van der Waals surface area (Å²) in [5.74, 6) is -1.47. The molecular weight excluding hydrogens is 394 g/mol. The SMILES string of the molecule is O=C(CN1C(=O)COc2cccnc21)Nc1ccc(Br)cc1C(=O)O. The highest BCUT2D eigenvalue weighted by Crippen LogP contribution is 2.29. The number of carboxylic acid groups (broad SMARTS) is 1. The first-order chi connectivity index (χ1) is 12.0. The third kappa shape index (κ3) is 3.61. The quantitative estimate of drug-likeness (QED) is 0.803. The molecule has 1 aromatic heterocycles. The van der Waals surface area contributed by atoms with Gasteiger partial charge >= 0.3 is 5.97 Å². The molecule has 1 aromatic carbocycles. The zero-order valence-corrected chi connectivity index (χ0v) is 14.3. The van der Waals surface area contributed by atoms with E-state index in [9.17, 15) is 19.5 Å². The first-order valence-electron chi connectivity index (χ1n) is 7.16. The zero-order chi connectivity index (χ0) is 18.0. The molecular formula is C16H12BrN3O5. The average Bonchev–Trinajstić information content (AvgIpc) is 2.59. The van der Waals surface area contributed by atoms with E-state index >= 15 is 0 Å². The number of rotatable bonds is 4. The Morgan fingerprint density at radius 1 is 1.36 bits per heavy atom. The zero-order valence-electron chi connectivity index (χ0n) is 12.7. The number of amides is 2. The summed E-state index contributed by atoms with van der Waals surface area (Å²) in [6, 6.07) is 7.77. The number of carboxylic acids is 1. The van der Waals surface area contributed by atoms with Gasteiger partial charge in [-0.25, -0.2) is 9.78 Å². The highest BCUT2D eigenvalue weighted by atomic mass is 79.9. The van der Waals surface area contributed by atoms with Crippen LogP contribution in [0.3, 0.4) is 0 Å². The fraction of sp³-hybridized carbons (Fsp3) is 0.125. The van der Waals surface area contributed by atoms with Gasteiger partial charge in [0.25, 0.3) is 5.91 Å². The summed E-state index contributed by atoms with van der Waals surface area (Å²) in [4.78, 5) is 40.9. The lowest BCUT2D eigenvalue weighted by atomic mass is 10.2. The molecule has 25 heavy (non-hydrogen) atoms. The number of hydrogen-bond donors (Lipinski definition) is 2. The lowest BCUT2D eigenvalue weighted by Crippen LogP contribution is -2.44. The number of benzene rings is 1. The monoisotopic (exact) mass is 405 g/mol. The largest absolute Gasteiger partial charge is 0.480 e. The van der Waals surface area contributed by atoms with Crippen LogP contribution in [-0.2, 0) is 9.59 Å². The van der Waals surface area contributed by atoms with E-state index < -0.39 is 17.8 Å². The summed E-state index contributed by atoms with van der Waals surface area (Å²) >= 11 is 3.19. The predicted molar refractivity (Wildman–Crippen MR) is 91.8 cm³/mol. The molecule has 8 nitrogen and oxygen atoms in total. The summed E-state index contributed by atoms with van der Waals surface area (Å²) in [6.45, 7) is -0.494. The highest BCUT2D eigenvalue weighted by molar-refractivity contribution is 9.10. The maximum absolute atomic E-state index is 12.3. The predicted octanol–water partition coefficient (Wildman–Crippen LogP) is 1.91. The average molecular weight is 406 g/mol. The Morgan fingerprint density at radius 2 is 2.16 bits per heavy atom. The third-order valence-electron chi connectivity index (χ3n) is 3.45. The van der Waals surface area contributed by atoms with Gasteiger partial charge < -0.3 is 15.2 Å². The number of hydrogen-bond acceptors (Lipinski definition) is 5. The second kappa shape index (κ2) is 6.89. The van der Waals surface area contributed by atoms with Crippen LogP contribution in [0.25, 0.3) is 0 Å². The van der Waals surface area contributed by atoms with Crippen LogP contribution in [0.5, 0.6) is 5.75 Å². The van der Waals surface area contributed by atoms with Gasteiger partial charge in [0.2, 0.25) is 5.91 Å². The minimum absolute atomic E-state index is 0.0606. The van der Waals surface area contributed by atoms with E-state index in [0.717, 1.165) is 0 Å². The van der Waals surface area contributed by atoms with E-state index in [1.165, 1.54) is 23.2 Å². The van der Waals surface area contributed by atoms with Crippen molar-refractivity contribution in [2.24, 2.45) is 0 Å². The standard InChI is InChI=1S/C16H12BrN3O5/c17-9-3-4-11(10(6-9)16(23)24)19-13(21)7-20-14(22)8-25-12-2-1-5-18-15(12)20/h1-6H,7-8H2,(H,19,21)(H,23,24). The van der Waals surface area contributed by atoms with E-state index in [0.29, 0.717) is 10.2 Å². The van der Waals surface area contributed by atoms with Gasteiger partial charge in [0.05, 0.1) is 11.3 Å². The number of aromatic carboxylic acids is 1. The molecule has 0 unspecified atom stereocenters. The Balaban J connectivity index is 1.80. The van der Waals surface area contributed by atoms with E-state index in [1.807, 2.05) is 0 Å². The molecule has 2 amide bonds. The minimum Gasteiger partial charge on any atom is -0.480 e. The van der Waals surface area contributed by atoms with Crippen molar-refractivity contribution in [2.45, 2.75) is 0 Å². The molecule has 9 heteroatoms. The van der Waals surface area contributed by atoms with Crippen molar-refractivity contribution in [3.8, 4) is 5.75 Å². The summed E-state index contributed by atoms with van der Waals surface area (Å²) in [5, 5.41) is 11.7. The number of carbonyl (C=O) groups excluding carboxylic acids is 2. The second-order valence-corrected chi connectivity index (χ2v) is 6.05. The number of ether oxygens (including phenoxy) is 1. The lowest BCUT2D eigenvalue weighted by Gasteiger charge is -2.27. The molecule has 128 valence electrons. The molecule has 2 heterocycles. The van der Waals surface area contributed by atoms with Crippen LogP contribution in [0.1, 0.15) is 10.4 Å². The number of carbonyl (C=O) groups is 3. The summed E-state index contributed by atoms with van der Waals surface area (Å²) in [7, 11) is 0. The molecule has 0 atom stereocenters. The lowest BCUT2D eigenvalue weighted by molar-refractivity contribution is -0.123. The van der Waals surface area contributed by atoms with Crippen molar-refractivity contribution < 1.29 is 24.2 Å². The summed E-state index contributed by atoms with van der Waals surface area (Å²) in [6.07, 6.45) is 1.49. The highest BCUT2D eigenvalue weighted by Gasteiger charge is 2.28. The molecule has 1 aliphatic rings. The van der Waals surface area contributed by atoms with E-state index in [1.54, 1.807) is 18.2 Å². The first kappa shape index (κ1) is 16.9. The van der Waals surface area contributed by atoms with Crippen molar-refractivity contribution >= 4 is 45.2 Å². The Hall–Kier alpha value is -2.94. The first-order valence-corrected chi connectivity index (χ1v) is 7.96. The Bertz CT molecular complexity index is 871. The number of nitrogens with zero attached hydrogens (tertiary/aromatic N) is 2. The Morgan fingerprint density at radius 3 is 2.92 bits per heavy atom. The number of aromatic nitrogens is 1. The molecule has 0 radical (unpaired) electrons. The van der Waals surface area contributed by atoms with Gasteiger partial charge in [-0.15, -0.1) is 0 Å². The van der Waals surface area contributed by atoms with Crippen LogP contribution in [0.4, 0.5) is 11.5 Å². The molecule has 3 rings (SSSR count). The van der Waals surface area contributed by atoms with Crippen LogP contribution >= 0.6 is 15.9 Å². The molecule has 2 aromatic rings. The van der Waals surface area contributed by atoms with Crippen LogP contribution in [0.15, 0.2) is 41.0 Å². The van der Waals surface area contributed by atoms with Crippen molar-refractivity contribution in [1.29, 1.82) is 0 Å². The number of nitrogens with one attached hydrogen (secondary N) is 1. The Kier molecular flexibility index (Phi) is 4.66. The van der Waals surface area contributed by atoms with Gasteiger partial charge in [0, 0.05) is 10.7 Å². The molecule has 0 aliphatic carbocycles. The van der Waals surface area contributed by atoms with E-state index in [2.05, 4.69) is 26.2 Å². The summed E-state index contributed by atoms with van der Waals surface area (Å²) in [5.41, 5.74) is 0.0807. The van der Waals surface area contributed by atoms with Crippen LogP contribution in [0, 0.1) is 0 Å². The van der Waals surface area contributed by atoms with Crippen LogP contribution < -0.4 is 15.0 Å². The number of anilines is 2. The fourth-order valence-electron chi connectivity index (χ4n) is 2.33. The van der Waals surface area contributed by atoms with Crippen molar-refractivity contribution in [1.82, 2.24) is 4.98 Å². The molecule has 0 saturated carbocycles. The summed E-state index contributed by atoms with van der Waals surface area (Å²) < 4.78 is 5.83. The van der Waals surface area contributed by atoms with Crippen molar-refractivity contribution in [2.75, 3.05) is 23.4 Å². The molecule has 2 N–H and O–H groups in total. The third-order valence-corrected chi connectivity index (χ3v) is 3.94. The molecule has 0 spiro atoms. The van der Waals surface area contributed by atoms with Crippen LogP contribution in [0.2, 0.25) is 0 Å². The Labute approximate surface area is 150 Å². The number of halogens is 1. The fourth-order valence-corrected chi connectivity index (χ4v) is 2.69. The number of fused-ring (bicyclic) bond motifs is 1. The number of pyridine rings is 1. The van der Waals surface area contributed by atoms with Gasteiger partial charge in [-0.05, 0) is 30.3 Å². The molecule has 0 fully saturated rings. The maximum Gasteiger partial charge on any atom is 0.337 e. The second-order valence-electron chi connectivity index (χ2n) is 5.14. The minimum atomic E-state index is -1.17. The van der Waals surface area contributed by atoms with E-state index in [4.69, 9.17) is 4.74 Å². The van der Waals surface area contributed by atoms with Gasteiger partial charge in [-0.2, -0.15) is 0 Å². The maximum atomic E-state index is 12.3. The van der Waals surface area contributed by atoms with Gasteiger partial charge in [-0.1, -0.05) is 15.9 Å². The molecule has 1 aliphatic heterocycles. The smallest absolute Gasteiger partial charge is 0.337 e. The van der Waals surface area contributed by atoms with Crippen molar-refractivity contribution in [3.63, 3.8) is 0 Å². The van der Waals surface area contributed by atoms with E-state index in [-0.39, 0.29) is 30.2 Å². The molecule has 0 saturated heterocycles. The van der Waals surface area contributed by atoms with Gasteiger partial charge in [0.1, 0.15) is 6.54 Å². The van der Waals surface area contributed by atoms with Gasteiger partial charge in [-0.3, -0.25) is 14.5 Å². The molecule has 0 bridgehead atoms.